The number of amides is 1. The molecule has 1 unspecified atom stereocenters. The molecule has 16 heteroatoms. The number of rotatable bonds is 15. The van der Waals surface area contributed by atoms with Gasteiger partial charge in [-0.1, -0.05) is 97.7 Å². The van der Waals surface area contributed by atoms with E-state index in [1.54, 1.807) is 24.3 Å². The van der Waals surface area contributed by atoms with Crippen molar-refractivity contribution in [2.24, 2.45) is 0 Å². The van der Waals surface area contributed by atoms with Crippen molar-refractivity contribution in [1.29, 1.82) is 0 Å². The van der Waals surface area contributed by atoms with Crippen molar-refractivity contribution in [3.05, 3.63) is 106 Å². The van der Waals surface area contributed by atoms with Crippen LogP contribution in [-0.2, 0) is 51.9 Å². The number of ether oxygens (including phenoxy) is 2. The molecule has 0 radical (unpaired) electrons. The topological polar surface area (TPSA) is 181 Å². The highest BCUT2D eigenvalue weighted by molar-refractivity contribution is 6.30. The molecule has 1 saturated heterocycles. The zero-order chi connectivity index (χ0) is 36.5. The van der Waals surface area contributed by atoms with Gasteiger partial charge in [-0.05, 0) is 57.5 Å². The van der Waals surface area contributed by atoms with Gasteiger partial charge in [0.2, 0.25) is 0 Å². The molecule has 1 atom stereocenters. The van der Waals surface area contributed by atoms with Crippen LogP contribution in [0.2, 0.25) is 5.15 Å². The number of aromatic nitrogens is 6. The Morgan fingerprint density at radius 1 is 0.942 bits per heavy atom. The fraction of sp³-hybridized carbons (Fsp3) is 0.333. The molecule has 3 aromatic carbocycles. The first-order chi connectivity index (χ1) is 25.3. The molecule has 1 fully saturated rings. The van der Waals surface area contributed by atoms with E-state index in [-0.39, 0.29) is 30.4 Å². The average molecular weight is 731 g/mol. The third-order valence-electron chi connectivity index (χ3n) is 8.83. The molecule has 0 bridgehead atoms. The average Bonchev–Trinajstić information content (AvgIpc) is 3.94. The van der Waals surface area contributed by atoms with Crippen LogP contribution in [0.15, 0.2) is 72.8 Å². The number of aromatic amines is 1. The largest absolute Gasteiger partial charge is 0.459 e. The van der Waals surface area contributed by atoms with Gasteiger partial charge in [0, 0.05) is 25.1 Å². The van der Waals surface area contributed by atoms with Crippen LogP contribution in [-0.4, -0.2) is 75.5 Å². The van der Waals surface area contributed by atoms with Gasteiger partial charge in [-0.15, -0.1) is 5.10 Å². The van der Waals surface area contributed by atoms with E-state index in [2.05, 4.69) is 37.4 Å². The molecule has 52 heavy (non-hydrogen) atoms. The minimum atomic E-state index is -0.773. The maximum atomic E-state index is 13.4. The first-order valence-corrected chi connectivity index (χ1v) is 17.3. The summed E-state index contributed by atoms with van der Waals surface area (Å²) < 4.78 is 13.3. The van der Waals surface area contributed by atoms with E-state index in [4.69, 9.17) is 31.5 Å². The number of carbonyl (C=O) groups is 2. The molecule has 3 N–H and O–H groups in total. The molecule has 272 valence electrons. The normalized spacial score (nSPS) is 14.2. The number of likely N-dealkylation sites (tertiary alicyclic amines) is 1. The number of halogens is 1. The number of tetrazole rings is 1. The Morgan fingerprint density at radius 2 is 1.65 bits per heavy atom. The summed E-state index contributed by atoms with van der Waals surface area (Å²) in [5.41, 5.74) is 5.86. The van der Waals surface area contributed by atoms with Crippen molar-refractivity contribution in [3.8, 4) is 22.5 Å². The van der Waals surface area contributed by atoms with E-state index in [1.807, 2.05) is 53.1 Å². The van der Waals surface area contributed by atoms with Crippen LogP contribution in [0.1, 0.15) is 60.8 Å². The maximum absolute atomic E-state index is 13.4. The fourth-order valence-electron chi connectivity index (χ4n) is 6.10. The van der Waals surface area contributed by atoms with Gasteiger partial charge in [0.1, 0.15) is 25.1 Å². The lowest BCUT2D eigenvalue weighted by atomic mass is 9.98. The highest BCUT2D eigenvalue weighted by atomic mass is 35.5. The maximum Gasteiger partial charge on any atom is 0.410 e. The highest BCUT2D eigenvalue weighted by Crippen LogP contribution is 2.30. The number of aryl methyl sites for hydroxylation is 1. The van der Waals surface area contributed by atoms with Crippen LogP contribution < -0.4 is 0 Å². The second-order valence-electron chi connectivity index (χ2n) is 12.3. The molecule has 2 aromatic heterocycles. The molecule has 3 heterocycles. The Labute approximate surface area is 304 Å². The van der Waals surface area contributed by atoms with Gasteiger partial charge in [-0.25, -0.2) is 24.5 Å². The lowest BCUT2D eigenvalue weighted by molar-refractivity contribution is -0.497. The molecule has 1 aliphatic rings. The monoisotopic (exact) mass is 730 g/mol. The Hall–Kier alpha value is -5.19. The van der Waals surface area contributed by atoms with E-state index in [0.717, 1.165) is 46.5 Å². The Bertz CT molecular complexity index is 1940. The quantitative estimate of drug-likeness (QED) is 0.0829. The molecule has 0 saturated carbocycles. The highest BCUT2D eigenvalue weighted by Gasteiger charge is 2.36. The molecule has 15 nitrogen and oxygen atoms in total. The van der Waals surface area contributed by atoms with Crippen LogP contribution in [0.25, 0.3) is 22.5 Å². The van der Waals surface area contributed by atoms with E-state index in [1.165, 1.54) is 4.90 Å². The molecule has 0 aliphatic carbocycles. The SMILES string of the molecule is CCCCc1nc(Cl)c(COC(=O)N2CCCC2C(=O)OCc2ccc(CON(O)O)cc2)n1Cc1ccc(-c2ccccc2-c2nnn[nH]2)cc1. The van der Waals surface area contributed by atoms with Gasteiger partial charge in [-0.3, -0.25) is 15.3 Å². The van der Waals surface area contributed by atoms with E-state index < -0.39 is 18.1 Å². The number of hydrogen-bond acceptors (Lipinski definition) is 12. The first kappa shape index (κ1) is 36.6. The summed E-state index contributed by atoms with van der Waals surface area (Å²) >= 11 is 6.67. The molecular weight excluding hydrogens is 692 g/mol. The number of hydrogen-bond donors (Lipinski definition) is 3. The zero-order valence-electron chi connectivity index (χ0n) is 28.5. The van der Waals surface area contributed by atoms with Crippen molar-refractivity contribution >= 4 is 23.7 Å². The van der Waals surface area contributed by atoms with Gasteiger partial charge in [0.05, 0.1) is 17.7 Å². The molecule has 6 rings (SSSR count). The minimum Gasteiger partial charge on any atom is -0.459 e. The predicted molar refractivity (Wildman–Crippen MR) is 186 cm³/mol. The number of H-pyrrole nitrogens is 1. The van der Waals surface area contributed by atoms with Crippen LogP contribution in [0.5, 0.6) is 0 Å². The number of unbranched alkanes of at least 4 members (excludes halogenated alkanes) is 1. The second kappa shape index (κ2) is 17.4. The van der Waals surface area contributed by atoms with Gasteiger partial charge >= 0.3 is 12.1 Å². The van der Waals surface area contributed by atoms with Crippen molar-refractivity contribution in [1.82, 2.24) is 40.5 Å². The first-order valence-electron chi connectivity index (χ1n) is 17.0. The summed E-state index contributed by atoms with van der Waals surface area (Å²) in [6.45, 7) is 2.77. The number of benzene rings is 3. The summed E-state index contributed by atoms with van der Waals surface area (Å²) in [5, 5.41) is 31.6. The van der Waals surface area contributed by atoms with Crippen LogP contribution >= 0.6 is 11.6 Å². The minimum absolute atomic E-state index is 0.00719. The van der Waals surface area contributed by atoms with Gasteiger partial charge < -0.3 is 14.0 Å². The summed E-state index contributed by atoms with van der Waals surface area (Å²) in [6.07, 6.45) is 3.06. The summed E-state index contributed by atoms with van der Waals surface area (Å²) in [6, 6.07) is 22.2. The standard InChI is InChI=1S/C36H39ClN8O7/c1-2-3-10-32-38-33(37)31(44(32)20-24-15-17-27(18-16-24)28-7-4-5-8-29(28)34-39-41-42-40-34)23-51-36(47)43-19-6-9-30(43)35(46)50-21-25-11-13-26(14-12-25)22-52-45(48)49/h4-5,7-8,11-18,30,48-49H,2-3,6,9-10,19-23H2,1H3,(H,39,40,41,42). The predicted octanol–water partition coefficient (Wildman–Crippen LogP) is 6.13. The number of esters is 1. The van der Waals surface area contributed by atoms with E-state index in [9.17, 15) is 9.59 Å². The van der Waals surface area contributed by atoms with E-state index in [0.29, 0.717) is 49.4 Å². The molecule has 1 aliphatic heterocycles. The van der Waals surface area contributed by atoms with Gasteiger partial charge in [0.15, 0.2) is 11.0 Å². The Morgan fingerprint density at radius 3 is 2.35 bits per heavy atom. The van der Waals surface area contributed by atoms with Crippen molar-refractivity contribution in [2.75, 3.05) is 6.54 Å². The molecule has 1 amide bonds. The summed E-state index contributed by atoms with van der Waals surface area (Å²) in [7, 11) is 0. The third kappa shape index (κ3) is 8.99. The molecule has 5 aromatic rings. The van der Waals surface area contributed by atoms with Crippen LogP contribution in [0.4, 0.5) is 4.79 Å². The third-order valence-corrected chi connectivity index (χ3v) is 9.13. The van der Waals surface area contributed by atoms with Gasteiger partial charge in [0.25, 0.3) is 0 Å². The summed E-state index contributed by atoms with van der Waals surface area (Å²) in [4.78, 5) is 37.1. The summed E-state index contributed by atoms with van der Waals surface area (Å²) in [5.74, 6) is 0.865. The molecular formula is C36H39ClN8O7. The number of nitrogens with zero attached hydrogens (tertiary/aromatic N) is 7. The second-order valence-corrected chi connectivity index (χ2v) is 12.7. The molecule has 0 spiro atoms. The zero-order valence-corrected chi connectivity index (χ0v) is 29.3. The van der Waals surface area contributed by atoms with Crippen LogP contribution in [0, 0.1) is 0 Å². The van der Waals surface area contributed by atoms with Crippen molar-refractivity contribution < 1.29 is 34.3 Å². The number of imidazole rings is 1. The van der Waals surface area contributed by atoms with Crippen molar-refractivity contribution in [2.45, 2.75) is 71.4 Å². The van der Waals surface area contributed by atoms with Crippen LogP contribution in [0.3, 0.4) is 0 Å². The van der Waals surface area contributed by atoms with Crippen molar-refractivity contribution in [3.63, 3.8) is 0 Å². The van der Waals surface area contributed by atoms with E-state index >= 15 is 0 Å². The smallest absolute Gasteiger partial charge is 0.410 e. The lowest BCUT2D eigenvalue weighted by Gasteiger charge is -2.23. The fourth-order valence-corrected chi connectivity index (χ4v) is 6.35. The number of nitrogens with one attached hydrogen (secondary N) is 1. The van der Waals surface area contributed by atoms with Gasteiger partial charge in [-0.2, -0.15) is 0 Å². The lowest BCUT2D eigenvalue weighted by Crippen LogP contribution is -2.41. The Balaban J connectivity index is 1.10. The Kier molecular flexibility index (Phi) is 12.2. The number of carbonyl (C=O) groups excluding carboxylic acids is 2.